The van der Waals surface area contributed by atoms with Crippen molar-refractivity contribution in [2.45, 2.75) is 20.3 Å². The predicted octanol–water partition coefficient (Wildman–Crippen LogP) is 2.72. The fourth-order valence-electron chi connectivity index (χ4n) is 1.90. The second kappa shape index (κ2) is 6.42. The van der Waals surface area contributed by atoms with Crippen molar-refractivity contribution in [3.63, 3.8) is 0 Å². The highest BCUT2D eigenvalue weighted by atomic mass is 16.5. The van der Waals surface area contributed by atoms with Gasteiger partial charge in [-0.2, -0.15) is 5.26 Å². The van der Waals surface area contributed by atoms with Crippen LogP contribution in [0.4, 0.5) is 0 Å². The van der Waals surface area contributed by atoms with Crippen molar-refractivity contribution in [1.82, 2.24) is 4.90 Å². The fourth-order valence-corrected chi connectivity index (χ4v) is 1.90. The first-order chi connectivity index (χ1) is 8.46. The van der Waals surface area contributed by atoms with Crippen molar-refractivity contribution < 1.29 is 4.74 Å². The van der Waals surface area contributed by atoms with Gasteiger partial charge in [0, 0.05) is 13.1 Å². The molecule has 0 aliphatic carbocycles. The zero-order chi connectivity index (χ0) is 13.6. The van der Waals surface area contributed by atoms with Crippen molar-refractivity contribution in [3.05, 3.63) is 29.8 Å². The Balaban J connectivity index is 2.42. The molecule has 0 N–H and O–H groups in total. The molecule has 0 heterocycles. The molecule has 0 spiro atoms. The molecule has 0 radical (unpaired) electrons. The lowest BCUT2D eigenvalue weighted by atomic mass is 9.95. The summed E-state index contributed by atoms with van der Waals surface area (Å²) in [5, 5.41) is 9.00. The van der Waals surface area contributed by atoms with Gasteiger partial charge in [0.25, 0.3) is 0 Å². The summed E-state index contributed by atoms with van der Waals surface area (Å²) in [5.74, 6) is 0.887. The zero-order valence-electron chi connectivity index (χ0n) is 11.7. The largest absolute Gasteiger partial charge is 0.497 e. The maximum absolute atomic E-state index is 9.00. The van der Waals surface area contributed by atoms with E-state index in [1.807, 2.05) is 26.0 Å². The maximum Gasteiger partial charge on any atom is 0.118 e. The van der Waals surface area contributed by atoms with E-state index in [0.29, 0.717) is 0 Å². The highest BCUT2D eigenvalue weighted by molar-refractivity contribution is 5.27. The standard InChI is InChI=1S/C15H22N2O/c1-15(2,11-16)12-17(3)10-9-13-5-7-14(18-4)8-6-13/h5-8H,9-10,12H2,1-4H3. The van der Waals surface area contributed by atoms with Crippen LogP contribution in [0.15, 0.2) is 24.3 Å². The molecule has 1 rings (SSSR count). The Labute approximate surface area is 110 Å². The van der Waals surface area contributed by atoms with Gasteiger partial charge in [-0.05, 0) is 45.0 Å². The average molecular weight is 246 g/mol. The van der Waals surface area contributed by atoms with Crippen LogP contribution in [0, 0.1) is 16.7 Å². The van der Waals surface area contributed by atoms with E-state index in [0.717, 1.165) is 25.3 Å². The summed E-state index contributed by atoms with van der Waals surface area (Å²) in [5.41, 5.74) is 1.01. The molecular weight excluding hydrogens is 224 g/mol. The van der Waals surface area contributed by atoms with Gasteiger partial charge in [-0.3, -0.25) is 0 Å². The maximum atomic E-state index is 9.00. The Bertz CT molecular complexity index is 403. The Morgan fingerprint density at radius 1 is 1.28 bits per heavy atom. The minimum atomic E-state index is -0.283. The number of hydrogen-bond donors (Lipinski definition) is 0. The molecule has 98 valence electrons. The van der Waals surface area contributed by atoms with Crippen LogP contribution in [0.5, 0.6) is 5.75 Å². The van der Waals surface area contributed by atoms with Gasteiger partial charge in [-0.1, -0.05) is 12.1 Å². The van der Waals surface area contributed by atoms with E-state index in [4.69, 9.17) is 10.00 Å². The molecule has 0 atom stereocenters. The van der Waals surface area contributed by atoms with Gasteiger partial charge in [0.1, 0.15) is 5.75 Å². The molecule has 3 nitrogen and oxygen atoms in total. The number of benzene rings is 1. The molecule has 0 bridgehead atoms. The minimum Gasteiger partial charge on any atom is -0.497 e. The van der Waals surface area contributed by atoms with E-state index in [2.05, 4.69) is 30.1 Å². The lowest BCUT2D eigenvalue weighted by molar-refractivity contribution is 0.258. The topological polar surface area (TPSA) is 36.3 Å². The van der Waals surface area contributed by atoms with Crippen molar-refractivity contribution in [1.29, 1.82) is 5.26 Å². The highest BCUT2D eigenvalue weighted by Crippen LogP contribution is 2.15. The smallest absolute Gasteiger partial charge is 0.118 e. The van der Waals surface area contributed by atoms with Gasteiger partial charge < -0.3 is 9.64 Å². The van der Waals surface area contributed by atoms with E-state index < -0.39 is 0 Å². The minimum absolute atomic E-state index is 0.283. The van der Waals surface area contributed by atoms with E-state index in [1.54, 1.807) is 7.11 Å². The summed E-state index contributed by atoms with van der Waals surface area (Å²) in [6.07, 6.45) is 0.988. The third kappa shape index (κ3) is 4.77. The van der Waals surface area contributed by atoms with Crippen LogP contribution in [-0.4, -0.2) is 32.1 Å². The van der Waals surface area contributed by atoms with Gasteiger partial charge in [-0.25, -0.2) is 0 Å². The second-order valence-corrected chi connectivity index (χ2v) is 5.33. The normalized spacial score (nSPS) is 11.3. The third-order valence-electron chi connectivity index (χ3n) is 2.91. The predicted molar refractivity (Wildman–Crippen MR) is 73.6 cm³/mol. The van der Waals surface area contributed by atoms with Crippen LogP contribution in [0.25, 0.3) is 0 Å². The number of nitrogens with zero attached hydrogens (tertiary/aromatic N) is 2. The summed E-state index contributed by atoms with van der Waals surface area (Å²) in [6.45, 7) is 5.69. The summed E-state index contributed by atoms with van der Waals surface area (Å²) in [6, 6.07) is 10.5. The summed E-state index contributed by atoms with van der Waals surface area (Å²) in [7, 11) is 3.73. The monoisotopic (exact) mass is 246 g/mol. The van der Waals surface area contributed by atoms with Crippen LogP contribution in [-0.2, 0) is 6.42 Å². The van der Waals surface area contributed by atoms with Crippen LogP contribution >= 0.6 is 0 Å². The molecule has 1 aromatic carbocycles. The lowest BCUT2D eigenvalue weighted by Crippen LogP contribution is -2.31. The fraction of sp³-hybridized carbons (Fsp3) is 0.533. The van der Waals surface area contributed by atoms with Crippen LogP contribution in [0.1, 0.15) is 19.4 Å². The molecule has 0 unspecified atom stereocenters. The highest BCUT2D eigenvalue weighted by Gasteiger charge is 2.18. The average Bonchev–Trinajstić information content (AvgIpc) is 2.36. The molecule has 0 saturated carbocycles. The van der Waals surface area contributed by atoms with E-state index in [-0.39, 0.29) is 5.41 Å². The molecule has 0 aliphatic heterocycles. The Morgan fingerprint density at radius 3 is 2.39 bits per heavy atom. The molecular formula is C15H22N2O. The first-order valence-corrected chi connectivity index (χ1v) is 6.19. The molecule has 0 saturated heterocycles. The molecule has 0 fully saturated rings. The van der Waals surface area contributed by atoms with Crippen LogP contribution < -0.4 is 4.74 Å². The molecule has 18 heavy (non-hydrogen) atoms. The second-order valence-electron chi connectivity index (χ2n) is 5.33. The SMILES string of the molecule is COc1ccc(CCN(C)CC(C)(C)C#N)cc1. The van der Waals surface area contributed by atoms with Gasteiger partial charge in [-0.15, -0.1) is 0 Å². The lowest BCUT2D eigenvalue weighted by Gasteiger charge is -2.24. The van der Waals surface area contributed by atoms with E-state index in [9.17, 15) is 0 Å². The third-order valence-corrected chi connectivity index (χ3v) is 2.91. The van der Waals surface area contributed by atoms with E-state index >= 15 is 0 Å². The molecule has 3 heteroatoms. The number of ether oxygens (including phenoxy) is 1. The van der Waals surface area contributed by atoms with Gasteiger partial charge in [0.15, 0.2) is 0 Å². The van der Waals surface area contributed by atoms with Crippen molar-refractivity contribution in [2.24, 2.45) is 5.41 Å². The van der Waals surface area contributed by atoms with Crippen LogP contribution in [0.2, 0.25) is 0 Å². The number of rotatable bonds is 6. The zero-order valence-corrected chi connectivity index (χ0v) is 11.7. The van der Waals surface area contributed by atoms with Crippen LogP contribution in [0.3, 0.4) is 0 Å². The molecule has 0 aliphatic rings. The summed E-state index contributed by atoms with van der Waals surface area (Å²) < 4.78 is 5.13. The van der Waals surface area contributed by atoms with Crippen molar-refractivity contribution >= 4 is 0 Å². The van der Waals surface area contributed by atoms with Gasteiger partial charge >= 0.3 is 0 Å². The Kier molecular flexibility index (Phi) is 5.18. The van der Waals surface area contributed by atoms with E-state index in [1.165, 1.54) is 5.56 Å². The summed E-state index contributed by atoms with van der Waals surface area (Å²) >= 11 is 0. The van der Waals surface area contributed by atoms with Crippen molar-refractivity contribution in [3.8, 4) is 11.8 Å². The summed E-state index contributed by atoms with van der Waals surface area (Å²) in [4.78, 5) is 2.20. The number of nitriles is 1. The number of hydrogen-bond acceptors (Lipinski definition) is 3. The quantitative estimate of drug-likeness (QED) is 0.774. The Morgan fingerprint density at radius 2 is 1.89 bits per heavy atom. The number of likely N-dealkylation sites (N-methyl/N-ethyl adjacent to an activating group) is 1. The first-order valence-electron chi connectivity index (χ1n) is 6.19. The number of methoxy groups -OCH3 is 1. The van der Waals surface area contributed by atoms with Gasteiger partial charge in [0.05, 0.1) is 18.6 Å². The van der Waals surface area contributed by atoms with Gasteiger partial charge in [0.2, 0.25) is 0 Å². The first kappa shape index (κ1) is 14.5. The Hall–Kier alpha value is -1.53. The molecule has 1 aromatic rings. The molecule has 0 aromatic heterocycles. The van der Waals surface area contributed by atoms with Crippen molar-refractivity contribution in [2.75, 3.05) is 27.2 Å². The molecule has 0 amide bonds.